The first-order valence-electron chi connectivity index (χ1n) is 7.31. The molecule has 2 aromatic carbocycles. The molecule has 0 unspecified atom stereocenters. The highest BCUT2D eigenvalue weighted by molar-refractivity contribution is 6.30. The molecule has 0 saturated carbocycles. The minimum atomic E-state index is -0.337. The summed E-state index contributed by atoms with van der Waals surface area (Å²) in [5.41, 5.74) is 1.72. The van der Waals surface area contributed by atoms with E-state index in [4.69, 9.17) is 11.6 Å². The van der Waals surface area contributed by atoms with Crippen LogP contribution in [0.2, 0.25) is 5.02 Å². The number of nitrogens with one attached hydrogen (secondary N) is 1. The smallest absolute Gasteiger partial charge is 0.244 e. The highest BCUT2D eigenvalue weighted by atomic mass is 35.5. The lowest BCUT2D eigenvalue weighted by molar-refractivity contribution is -0.120. The van der Waals surface area contributed by atoms with Gasteiger partial charge in [-0.2, -0.15) is 0 Å². The number of hydrogen-bond donors (Lipinski definition) is 1. The van der Waals surface area contributed by atoms with Crippen molar-refractivity contribution in [1.29, 1.82) is 0 Å². The molecule has 6 heteroatoms. The predicted octanol–water partition coefficient (Wildman–Crippen LogP) is 3.53. The second-order valence-corrected chi connectivity index (χ2v) is 5.70. The molecule has 0 spiro atoms. The fourth-order valence-electron chi connectivity index (χ4n) is 2.14. The van der Waals surface area contributed by atoms with Gasteiger partial charge in [0.2, 0.25) is 11.8 Å². The second kappa shape index (κ2) is 7.75. The third-order valence-electron chi connectivity index (χ3n) is 3.40. The molecule has 0 heterocycles. The van der Waals surface area contributed by atoms with E-state index in [2.05, 4.69) is 5.32 Å². The Morgan fingerprint density at radius 1 is 0.958 bits per heavy atom. The van der Waals surface area contributed by atoms with Crippen molar-refractivity contribution >= 4 is 40.6 Å². The van der Waals surface area contributed by atoms with E-state index in [1.807, 2.05) is 0 Å². The predicted molar refractivity (Wildman–Crippen MR) is 94.6 cm³/mol. The van der Waals surface area contributed by atoms with Crippen molar-refractivity contribution in [3.63, 3.8) is 0 Å². The number of anilines is 2. The molecule has 0 aliphatic rings. The van der Waals surface area contributed by atoms with Crippen LogP contribution in [-0.4, -0.2) is 24.1 Å². The summed E-state index contributed by atoms with van der Waals surface area (Å²) in [5, 5.41) is 3.26. The van der Waals surface area contributed by atoms with E-state index in [1.54, 1.807) is 48.5 Å². The first-order chi connectivity index (χ1) is 11.4. The minimum absolute atomic E-state index is 0.0432. The number of halogens is 1. The van der Waals surface area contributed by atoms with Crippen LogP contribution >= 0.6 is 11.6 Å². The maximum atomic E-state index is 12.2. The average molecular weight is 345 g/mol. The molecule has 1 N–H and O–H groups in total. The van der Waals surface area contributed by atoms with Gasteiger partial charge >= 0.3 is 0 Å². The van der Waals surface area contributed by atoms with Crippen LogP contribution in [-0.2, 0) is 9.59 Å². The van der Waals surface area contributed by atoms with Gasteiger partial charge in [0.15, 0.2) is 5.78 Å². The largest absolute Gasteiger partial charge is 0.325 e. The number of benzene rings is 2. The van der Waals surface area contributed by atoms with Crippen LogP contribution in [0.3, 0.4) is 0 Å². The second-order valence-electron chi connectivity index (χ2n) is 5.26. The normalized spacial score (nSPS) is 10.1. The standard InChI is InChI=1S/C18H17ClN2O3/c1-12(22)14-3-7-16(8-4-14)20-18(24)11-21(13(2)23)17-9-5-15(19)6-10-17/h3-10H,11H2,1-2H3,(H,20,24). The molecule has 0 radical (unpaired) electrons. The van der Waals surface area contributed by atoms with Crippen molar-refractivity contribution in [1.82, 2.24) is 0 Å². The van der Waals surface area contributed by atoms with E-state index in [0.717, 1.165) is 0 Å². The molecule has 5 nitrogen and oxygen atoms in total. The first-order valence-corrected chi connectivity index (χ1v) is 7.69. The molecule has 0 bridgehead atoms. The number of amides is 2. The average Bonchev–Trinajstić information content (AvgIpc) is 2.54. The summed E-state index contributed by atoms with van der Waals surface area (Å²) in [7, 11) is 0. The van der Waals surface area contributed by atoms with Crippen LogP contribution in [0.4, 0.5) is 11.4 Å². The summed E-state index contributed by atoms with van der Waals surface area (Å²) in [5.74, 6) is -0.631. The van der Waals surface area contributed by atoms with Gasteiger partial charge in [-0.15, -0.1) is 0 Å². The van der Waals surface area contributed by atoms with Gasteiger partial charge in [0.25, 0.3) is 0 Å². The lowest BCUT2D eigenvalue weighted by Crippen LogP contribution is -2.36. The number of hydrogen-bond acceptors (Lipinski definition) is 3. The maximum Gasteiger partial charge on any atom is 0.244 e. The molecule has 24 heavy (non-hydrogen) atoms. The van der Waals surface area contributed by atoms with Crippen molar-refractivity contribution in [3.05, 3.63) is 59.1 Å². The van der Waals surface area contributed by atoms with Gasteiger partial charge in [-0.3, -0.25) is 14.4 Å². The van der Waals surface area contributed by atoms with Crippen LogP contribution in [0, 0.1) is 0 Å². The zero-order valence-corrected chi connectivity index (χ0v) is 14.1. The summed E-state index contributed by atoms with van der Waals surface area (Å²) < 4.78 is 0. The van der Waals surface area contributed by atoms with Crippen LogP contribution in [0.1, 0.15) is 24.2 Å². The van der Waals surface area contributed by atoms with Gasteiger partial charge in [0.1, 0.15) is 6.54 Å². The molecule has 2 rings (SSSR count). The van der Waals surface area contributed by atoms with Crippen molar-refractivity contribution < 1.29 is 14.4 Å². The summed E-state index contributed by atoms with van der Waals surface area (Å²) in [4.78, 5) is 36.6. The molecular weight excluding hydrogens is 328 g/mol. The molecule has 0 aliphatic heterocycles. The molecule has 2 aromatic rings. The number of nitrogens with zero attached hydrogens (tertiary/aromatic N) is 1. The number of carbonyl (C=O) groups excluding carboxylic acids is 3. The summed E-state index contributed by atoms with van der Waals surface area (Å²) >= 11 is 5.84. The Hall–Kier alpha value is -2.66. The third-order valence-corrected chi connectivity index (χ3v) is 3.65. The van der Waals surface area contributed by atoms with Crippen molar-refractivity contribution in [2.24, 2.45) is 0 Å². The SMILES string of the molecule is CC(=O)c1ccc(NC(=O)CN(C(C)=O)c2ccc(Cl)cc2)cc1. The Morgan fingerprint density at radius 2 is 1.54 bits per heavy atom. The third kappa shape index (κ3) is 4.67. The van der Waals surface area contributed by atoms with Gasteiger partial charge < -0.3 is 10.2 Å². The van der Waals surface area contributed by atoms with Crippen molar-refractivity contribution in [2.45, 2.75) is 13.8 Å². The van der Waals surface area contributed by atoms with Gasteiger partial charge in [-0.05, 0) is 55.5 Å². The number of Topliss-reactive ketones (excluding diaryl/α,β-unsaturated/α-hetero) is 1. The summed E-state index contributed by atoms with van der Waals surface area (Å²) in [6.07, 6.45) is 0. The van der Waals surface area contributed by atoms with E-state index in [0.29, 0.717) is 22.0 Å². The highest BCUT2D eigenvalue weighted by Crippen LogP contribution is 2.18. The maximum absolute atomic E-state index is 12.2. The fraction of sp³-hybridized carbons (Fsp3) is 0.167. The number of carbonyl (C=O) groups is 3. The van der Waals surface area contributed by atoms with Crippen molar-refractivity contribution in [2.75, 3.05) is 16.8 Å². The van der Waals surface area contributed by atoms with E-state index >= 15 is 0 Å². The Bertz CT molecular complexity index is 755. The molecule has 0 atom stereocenters. The lowest BCUT2D eigenvalue weighted by atomic mass is 10.1. The molecular formula is C18H17ClN2O3. The van der Waals surface area contributed by atoms with Gasteiger partial charge in [-0.25, -0.2) is 0 Å². The quantitative estimate of drug-likeness (QED) is 0.844. The molecule has 2 amide bonds. The Balaban J connectivity index is 2.06. The topological polar surface area (TPSA) is 66.5 Å². The zero-order valence-electron chi connectivity index (χ0n) is 13.4. The van der Waals surface area contributed by atoms with Gasteiger partial charge in [0, 0.05) is 28.9 Å². The zero-order chi connectivity index (χ0) is 17.7. The first kappa shape index (κ1) is 17.7. The number of rotatable bonds is 5. The molecule has 0 aromatic heterocycles. The highest BCUT2D eigenvalue weighted by Gasteiger charge is 2.16. The van der Waals surface area contributed by atoms with Crippen LogP contribution in [0.5, 0.6) is 0 Å². The van der Waals surface area contributed by atoms with Crippen molar-refractivity contribution in [3.8, 4) is 0 Å². The molecule has 0 aliphatic carbocycles. The van der Waals surface area contributed by atoms with E-state index < -0.39 is 0 Å². The number of ketones is 1. The molecule has 0 fully saturated rings. The molecule has 124 valence electrons. The summed E-state index contributed by atoms with van der Waals surface area (Å²) in [6.45, 7) is 2.75. The Morgan fingerprint density at radius 3 is 2.04 bits per heavy atom. The van der Waals surface area contributed by atoms with Crippen LogP contribution in [0.25, 0.3) is 0 Å². The van der Waals surface area contributed by atoms with Crippen LogP contribution in [0.15, 0.2) is 48.5 Å². The lowest BCUT2D eigenvalue weighted by Gasteiger charge is -2.20. The Labute approximate surface area is 145 Å². The van der Waals surface area contributed by atoms with Gasteiger partial charge in [0.05, 0.1) is 0 Å². The fourth-order valence-corrected chi connectivity index (χ4v) is 2.26. The Kier molecular flexibility index (Phi) is 5.71. The summed E-state index contributed by atoms with van der Waals surface area (Å²) in [6, 6.07) is 13.2. The molecule has 0 saturated heterocycles. The van der Waals surface area contributed by atoms with E-state index in [9.17, 15) is 14.4 Å². The van der Waals surface area contributed by atoms with E-state index in [-0.39, 0.29) is 24.1 Å². The van der Waals surface area contributed by atoms with Gasteiger partial charge in [-0.1, -0.05) is 11.6 Å². The monoisotopic (exact) mass is 344 g/mol. The van der Waals surface area contributed by atoms with E-state index in [1.165, 1.54) is 18.7 Å². The van der Waals surface area contributed by atoms with Crippen LogP contribution < -0.4 is 10.2 Å². The minimum Gasteiger partial charge on any atom is -0.325 e.